The fraction of sp³-hybridized carbons (Fsp3) is 0.280. The summed E-state index contributed by atoms with van der Waals surface area (Å²) in [6, 6.07) is 7.55. The van der Waals surface area contributed by atoms with Crippen LogP contribution in [0.1, 0.15) is 38.8 Å². The molecule has 0 fully saturated rings. The number of nitrogens with one attached hydrogen (secondary N) is 1. The Hall–Kier alpha value is -3.04. The van der Waals surface area contributed by atoms with Crippen LogP contribution in [0.15, 0.2) is 34.1 Å². The van der Waals surface area contributed by atoms with E-state index in [-0.39, 0.29) is 12.2 Å². The van der Waals surface area contributed by atoms with Crippen LogP contribution in [-0.2, 0) is 4.74 Å². The number of carbonyl (C=O) groups excluding carboxylic acids is 2. The van der Waals surface area contributed by atoms with Crippen LogP contribution < -0.4 is 19.5 Å². The maximum atomic E-state index is 13.3. The number of halogens is 1. The largest absolute Gasteiger partial charge is 0.493 e. The Morgan fingerprint density at radius 1 is 1.00 bits per heavy atom. The highest BCUT2D eigenvalue weighted by Gasteiger charge is 2.27. The number of amides is 1. The van der Waals surface area contributed by atoms with Crippen molar-refractivity contribution in [2.45, 2.75) is 20.8 Å². The lowest BCUT2D eigenvalue weighted by Gasteiger charge is -2.16. The molecule has 0 aliphatic heterocycles. The smallest absolute Gasteiger partial charge is 0.341 e. The van der Waals surface area contributed by atoms with Crippen molar-refractivity contribution in [1.29, 1.82) is 0 Å². The third kappa shape index (κ3) is 4.90. The lowest BCUT2D eigenvalue weighted by molar-refractivity contribution is 0.0529. The normalized spacial score (nSPS) is 10.6. The van der Waals surface area contributed by atoms with Gasteiger partial charge >= 0.3 is 5.97 Å². The second-order valence-corrected chi connectivity index (χ2v) is 9.03. The van der Waals surface area contributed by atoms with E-state index in [0.29, 0.717) is 37.8 Å². The van der Waals surface area contributed by atoms with Crippen molar-refractivity contribution >= 4 is 44.1 Å². The average Bonchev–Trinajstić information content (AvgIpc) is 3.21. The SMILES string of the molecule is CCOC(=O)c1c(-c2ccc(C)cc2C)csc1NC(=O)c1cc(OC)c(OC)c(OC)c1Br. The van der Waals surface area contributed by atoms with Crippen molar-refractivity contribution in [3.05, 3.63) is 56.4 Å². The first-order chi connectivity index (χ1) is 16.3. The van der Waals surface area contributed by atoms with Crippen molar-refractivity contribution in [2.75, 3.05) is 33.3 Å². The molecule has 0 saturated heterocycles. The second-order valence-electron chi connectivity index (χ2n) is 7.35. The number of esters is 1. The van der Waals surface area contributed by atoms with Gasteiger partial charge in [-0.25, -0.2) is 4.79 Å². The number of anilines is 1. The molecule has 180 valence electrons. The van der Waals surface area contributed by atoms with Crippen LogP contribution in [-0.4, -0.2) is 39.8 Å². The van der Waals surface area contributed by atoms with Crippen molar-refractivity contribution in [3.63, 3.8) is 0 Å². The van der Waals surface area contributed by atoms with Crippen LogP contribution >= 0.6 is 27.3 Å². The lowest BCUT2D eigenvalue weighted by Crippen LogP contribution is -2.16. The molecule has 0 bridgehead atoms. The lowest BCUT2D eigenvalue weighted by atomic mass is 9.97. The highest BCUT2D eigenvalue weighted by Crippen LogP contribution is 2.45. The molecule has 0 aliphatic rings. The van der Waals surface area contributed by atoms with Crippen LogP contribution in [0.5, 0.6) is 17.2 Å². The van der Waals surface area contributed by atoms with E-state index in [9.17, 15) is 9.59 Å². The van der Waals surface area contributed by atoms with Gasteiger partial charge in [-0.15, -0.1) is 11.3 Å². The van der Waals surface area contributed by atoms with E-state index in [1.807, 2.05) is 37.4 Å². The van der Waals surface area contributed by atoms with Gasteiger partial charge in [0.1, 0.15) is 10.6 Å². The Balaban J connectivity index is 2.09. The molecule has 9 heteroatoms. The summed E-state index contributed by atoms with van der Waals surface area (Å²) in [7, 11) is 4.43. The molecule has 1 aromatic heterocycles. The van der Waals surface area contributed by atoms with E-state index >= 15 is 0 Å². The average molecular weight is 548 g/mol. The van der Waals surface area contributed by atoms with E-state index in [1.165, 1.54) is 32.7 Å². The molecule has 0 atom stereocenters. The molecule has 1 heterocycles. The third-order valence-electron chi connectivity index (χ3n) is 5.18. The molecule has 3 aromatic rings. The summed E-state index contributed by atoms with van der Waals surface area (Å²) < 4.78 is 21.9. The van der Waals surface area contributed by atoms with Crippen LogP contribution in [0.2, 0.25) is 0 Å². The number of hydrogen-bond acceptors (Lipinski definition) is 7. The topological polar surface area (TPSA) is 83.1 Å². The first-order valence-corrected chi connectivity index (χ1v) is 12.1. The third-order valence-corrected chi connectivity index (χ3v) is 6.87. The molecule has 0 unspecified atom stereocenters. The molecule has 1 N–H and O–H groups in total. The first kappa shape index (κ1) is 25.6. The van der Waals surface area contributed by atoms with Gasteiger partial charge in [-0.1, -0.05) is 23.8 Å². The Kier molecular flexibility index (Phi) is 8.22. The fourth-order valence-electron chi connectivity index (χ4n) is 3.63. The standard InChI is InChI=1S/C25H26BrNO6S/c1-7-33-25(29)19-17(15-9-8-13(2)10-14(15)3)12-34-24(19)27-23(28)16-11-18(30-4)21(31-5)22(32-6)20(16)26/h8-12H,7H2,1-6H3,(H,27,28). The molecule has 0 radical (unpaired) electrons. The number of rotatable bonds is 8. The molecule has 0 aliphatic carbocycles. The van der Waals surface area contributed by atoms with Crippen molar-refractivity contribution in [1.82, 2.24) is 0 Å². The zero-order valence-corrected chi connectivity index (χ0v) is 22.2. The molecule has 1 amide bonds. The number of hydrogen-bond donors (Lipinski definition) is 1. The van der Waals surface area contributed by atoms with Gasteiger partial charge in [0, 0.05) is 10.9 Å². The van der Waals surface area contributed by atoms with Gasteiger partial charge in [0.25, 0.3) is 5.91 Å². The number of aryl methyl sites for hydroxylation is 2. The molecule has 2 aromatic carbocycles. The molecular weight excluding hydrogens is 522 g/mol. The quantitative estimate of drug-likeness (QED) is 0.335. The molecule has 7 nitrogen and oxygen atoms in total. The number of methoxy groups -OCH3 is 3. The fourth-order valence-corrected chi connectivity index (χ4v) is 5.21. The summed E-state index contributed by atoms with van der Waals surface area (Å²) in [4.78, 5) is 26.3. The number of carbonyl (C=O) groups is 2. The number of ether oxygens (including phenoxy) is 4. The highest BCUT2D eigenvalue weighted by molar-refractivity contribution is 9.10. The van der Waals surface area contributed by atoms with E-state index in [4.69, 9.17) is 18.9 Å². The minimum Gasteiger partial charge on any atom is -0.493 e. The second kappa shape index (κ2) is 10.9. The maximum absolute atomic E-state index is 13.3. The van der Waals surface area contributed by atoms with Gasteiger partial charge in [-0.2, -0.15) is 0 Å². The van der Waals surface area contributed by atoms with Crippen molar-refractivity contribution in [3.8, 4) is 28.4 Å². The van der Waals surface area contributed by atoms with E-state index < -0.39 is 11.9 Å². The molecule has 0 saturated carbocycles. The predicted molar refractivity (Wildman–Crippen MR) is 137 cm³/mol. The van der Waals surface area contributed by atoms with Crippen LogP contribution in [0.3, 0.4) is 0 Å². The van der Waals surface area contributed by atoms with E-state index in [1.54, 1.807) is 13.0 Å². The summed E-state index contributed by atoms with van der Waals surface area (Å²) in [5, 5.41) is 5.10. The number of benzene rings is 2. The van der Waals surface area contributed by atoms with Crippen molar-refractivity contribution in [2.24, 2.45) is 0 Å². The zero-order chi connectivity index (χ0) is 25.0. The van der Waals surface area contributed by atoms with Crippen LogP contribution in [0, 0.1) is 13.8 Å². The summed E-state index contributed by atoms with van der Waals surface area (Å²) in [6.07, 6.45) is 0. The van der Waals surface area contributed by atoms with Gasteiger partial charge in [0.05, 0.1) is 38.0 Å². The Morgan fingerprint density at radius 2 is 1.71 bits per heavy atom. The van der Waals surface area contributed by atoms with E-state index in [0.717, 1.165) is 16.7 Å². The van der Waals surface area contributed by atoms with Gasteiger partial charge in [-0.3, -0.25) is 4.79 Å². The monoisotopic (exact) mass is 547 g/mol. The molecular formula is C25H26BrNO6S. The van der Waals surface area contributed by atoms with Crippen molar-refractivity contribution < 1.29 is 28.5 Å². The summed E-state index contributed by atoms with van der Waals surface area (Å²) in [5.41, 5.74) is 4.32. The molecule has 3 rings (SSSR count). The van der Waals surface area contributed by atoms with Crippen LogP contribution in [0.4, 0.5) is 5.00 Å². The zero-order valence-electron chi connectivity index (χ0n) is 19.8. The summed E-state index contributed by atoms with van der Waals surface area (Å²) in [5.74, 6) is 0.0535. The Bertz CT molecular complexity index is 1240. The summed E-state index contributed by atoms with van der Waals surface area (Å²) in [6.45, 7) is 5.96. The van der Waals surface area contributed by atoms with Gasteiger partial charge < -0.3 is 24.3 Å². The first-order valence-electron chi connectivity index (χ1n) is 10.4. The number of thiophene rings is 1. The predicted octanol–water partition coefficient (Wildman–Crippen LogP) is 6.25. The summed E-state index contributed by atoms with van der Waals surface area (Å²) >= 11 is 4.69. The van der Waals surface area contributed by atoms with Gasteiger partial charge in [-0.05, 0) is 53.9 Å². The van der Waals surface area contributed by atoms with Gasteiger partial charge in [0.2, 0.25) is 5.75 Å². The Morgan fingerprint density at radius 3 is 2.29 bits per heavy atom. The van der Waals surface area contributed by atoms with Crippen LogP contribution in [0.25, 0.3) is 11.1 Å². The molecule has 34 heavy (non-hydrogen) atoms. The minimum absolute atomic E-state index is 0.215. The maximum Gasteiger partial charge on any atom is 0.341 e. The highest BCUT2D eigenvalue weighted by atomic mass is 79.9. The Labute approximate surface area is 211 Å². The molecule has 0 spiro atoms. The van der Waals surface area contributed by atoms with E-state index in [2.05, 4.69) is 21.2 Å². The van der Waals surface area contributed by atoms with Gasteiger partial charge in [0.15, 0.2) is 11.5 Å². The minimum atomic E-state index is -0.502.